The molecule has 3 N–H and O–H groups in total. The number of aromatic carboxylic acids is 1. The summed E-state index contributed by atoms with van der Waals surface area (Å²) in [4.78, 5) is 10.8. The first kappa shape index (κ1) is 16.5. The molecule has 0 aliphatic carbocycles. The molecule has 0 amide bonds. The number of nitrogens with one attached hydrogen (secondary N) is 1. The van der Waals surface area contributed by atoms with Crippen LogP contribution in [0.15, 0.2) is 24.3 Å². The zero-order valence-electron chi connectivity index (χ0n) is 12.0. The minimum absolute atomic E-state index is 0.164. The number of carboxylic acid groups (broad SMARTS) is 1. The molecule has 1 unspecified atom stereocenters. The van der Waals surface area contributed by atoms with Crippen LogP contribution in [0.2, 0.25) is 0 Å². The van der Waals surface area contributed by atoms with Crippen molar-refractivity contribution in [2.24, 2.45) is 5.92 Å². The Morgan fingerprint density at radius 2 is 2.15 bits per heavy atom. The highest BCUT2D eigenvalue weighted by Gasteiger charge is 2.11. The molecule has 1 atom stereocenters. The normalized spacial score (nSPS) is 12.4. The Kier molecular flexibility index (Phi) is 7.04. The SMILES string of the molecule is CC(C)C(CCO)NCCOc1cccc(C(=O)O)c1. The molecule has 0 radical (unpaired) electrons. The van der Waals surface area contributed by atoms with E-state index in [1.165, 1.54) is 12.1 Å². The van der Waals surface area contributed by atoms with Crippen molar-refractivity contribution in [3.63, 3.8) is 0 Å². The summed E-state index contributed by atoms with van der Waals surface area (Å²) < 4.78 is 5.52. The number of benzene rings is 1. The average molecular weight is 281 g/mol. The van der Waals surface area contributed by atoms with Gasteiger partial charge in [0.15, 0.2) is 0 Å². The fraction of sp³-hybridized carbons (Fsp3) is 0.533. The van der Waals surface area contributed by atoms with E-state index in [9.17, 15) is 4.79 Å². The van der Waals surface area contributed by atoms with E-state index in [2.05, 4.69) is 19.2 Å². The zero-order chi connectivity index (χ0) is 15.0. The number of carboxylic acids is 1. The molecule has 20 heavy (non-hydrogen) atoms. The van der Waals surface area contributed by atoms with Gasteiger partial charge in [0.1, 0.15) is 12.4 Å². The minimum Gasteiger partial charge on any atom is -0.492 e. The highest BCUT2D eigenvalue weighted by Crippen LogP contribution is 2.13. The Hall–Kier alpha value is -1.59. The molecule has 0 saturated heterocycles. The Balaban J connectivity index is 2.37. The zero-order valence-corrected chi connectivity index (χ0v) is 12.0. The van der Waals surface area contributed by atoms with E-state index in [-0.39, 0.29) is 18.2 Å². The van der Waals surface area contributed by atoms with E-state index >= 15 is 0 Å². The van der Waals surface area contributed by atoms with Crippen LogP contribution >= 0.6 is 0 Å². The van der Waals surface area contributed by atoms with Gasteiger partial charge in [-0.15, -0.1) is 0 Å². The summed E-state index contributed by atoms with van der Waals surface area (Å²) in [5.74, 6) is 0.0313. The van der Waals surface area contributed by atoms with E-state index in [1.54, 1.807) is 12.1 Å². The average Bonchev–Trinajstić information content (AvgIpc) is 2.42. The van der Waals surface area contributed by atoms with Gasteiger partial charge in [0.2, 0.25) is 0 Å². The van der Waals surface area contributed by atoms with Gasteiger partial charge in [0.25, 0.3) is 0 Å². The van der Waals surface area contributed by atoms with Gasteiger partial charge in [-0.2, -0.15) is 0 Å². The Morgan fingerprint density at radius 1 is 1.40 bits per heavy atom. The van der Waals surface area contributed by atoms with Gasteiger partial charge in [-0.25, -0.2) is 4.79 Å². The topological polar surface area (TPSA) is 78.8 Å². The Morgan fingerprint density at radius 3 is 2.75 bits per heavy atom. The van der Waals surface area contributed by atoms with Gasteiger partial charge in [0.05, 0.1) is 5.56 Å². The number of hydrogen-bond donors (Lipinski definition) is 3. The summed E-state index contributed by atoms with van der Waals surface area (Å²) in [5.41, 5.74) is 0.218. The number of rotatable bonds is 9. The van der Waals surface area contributed by atoms with Crippen molar-refractivity contribution in [2.75, 3.05) is 19.8 Å². The number of carbonyl (C=O) groups is 1. The summed E-state index contributed by atoms with van der Waals surface area (Å²) in [7, 11) is 0. The van der Waals surface area contributed by atoms with E-state index < -0.39 is 5.97 Å². The van der Waals surface area contributed by atoms with Gasteiger partial charge in [-0.05, 0) is 30.5 Å². The molecule has 0 fully saturated rings. The summed E-state index contributed by atoms with van der Waals surface area (Å²) in [5, 5.41) is 21.2. The van der Waals surface area contributed by atoms with Crippen LogP contribution in [0.5, 0.6) is 5.75 Å². The van der Waals surface area contributed by atoms with E-state index in [1.807, 2.05) is 0 Å². The van der Waals surface area contributed by atoms with Gasteiger partial charge in [-0.3, -0.25) is 0 Å². The van der Waals surface area contributed by atoms with Crippen LogP contribution in [-0.2, 0) is 0 Å². The molecular weight excluding hydrogens is 258 g/mol. The predicted octanol–water partition coefficient (Wildman–Crippen LogP) is 1.76. The monoisotopic (exact) mass is 281 g/mol. The summed E-state index contributed by atoms with van der Waals surface area (Å²) >= 11 is 0. The number of aliphatic hydroxyl groups excluding tert-OH is 1. The van der Waals surface area contributed by atoms with Crippen molar-refractivity contribution in [3.05, 3.63) is 29.8 Å². The lowest BCUT2D eigenvalue weighted by atomic mass is 10.0. The first-order chi connectivity index (χ1) is 9.54. The molecule has 0 bridgehead atoms. The fourth-order valence-electron chi connectivity index (χ4n) is 1.94. The van der Waals surface area contributed by atoms with Crippen LogP contribution in [0.25, 0.3) is 0 Å². The molecule has 0 aliphatic rings. The Labute approximate surface area is 119 Å². The second-order valence-corrected chi connectivity index (χ2v) is 5.00. The molecule has 1 aromatic rings. The first-order valence-electron chi connectivity index (χ1n) is 6.85. The van der Waals surface area contributed by atoms with E-state index in [0.717, 1.165) is 0 Å². The predicted molar refractivity (Wildman–Crippen MR) is 77.2 cm³/mol. The first-order valence-corrected chi connectivity index (χ1v) is 6.85. The molecule has 0 aromatic heterocycles. The third kappa shape index (κ3) is 5.59. The summed E-state index contributed by atoms with van der Waals surface area (Å²) in [6.07, 6.45) is 0.714. The van der Waals surface area contributed by atoms with Crippen LogP contribution in [-0.4, -0.2) is 42.0 Å². The molecule has 1 aromatic carbocycles. The van der Waals surface area contributed by atoms with Gasteiger partial charge in [-0.1, -0.05) is 19.9 Å². The maximum Gasteiger partial charge on any atom is 0.335 e. The lowest BCUT2D eigenvalue weighted by Crippen LogP contribution is -2.37. The molecule has 0 heterocycles. The second-order valence-electron chi connectivity index (χ2n) is 5.00. The van der Waals surface area contributed by atoms with Crippen molar-refractivity contribution < 1.29 is 19.7 Å². The molecule has 0 aliphatic heterocycles. The maximum absolute atomic E-state index is 10.8. The highest BCUT2D eigenvalue weighted by atomic mass is 16.5. The van der Waals surface area contributed by atoms with E-state index in [4.69, 9.17) is 14.9 Å². The van der Waals surface area contributed by atoms with Crippen LogP contribution in [0.3, 0.4) is 0 Å². The molecule has 0 spiro atoms. The number of aliphatic hydroxyl groups is 1. The van der Waals surface area contributed by atoms with Gasteiger partial charge >= 0.3 is 5.97 Å². The van der Waals surface area contributed by atoms with Crippen LogP contribution in [0.1, 0.15) is 30.6 Å². The largest absolute Gasteiger partial charge is 0.492 e. The van der Waals surface area contributed by atoms with Crippen LogP contribution in [0.4, 0.5) is 0 Å². The number of ether oxygens (including phenoxy) is 1. The Bertz CT molecular complexity index is 420. The standard InChI is InChI=1S/C15H23NO4/c1-11(2)14(6-8-17)16-7-9-20-13-5-3-4-12(10-13)15(18)19/h3-5,10-11,14,16-17H,6-9H2,1-2H3,(H,18,19). The van der Waals surface area contributed by atoms with Gasteiger partial charge in [0, 0.05) is 19.2 Å². The lowest BCUT2D eigenvalue weighted by molar-refractivity contribution is 0.0696. The van der Waals surface area contributed by atoms with E-state index in [0.29, 0.717) is 31.2 Å². The van der Waals surface area contributed by atoms with Crippen molar-refractivity contribution in [1.82, 2.24) is 5.32 Å². The number of hydrogen-bond acceptors (Lipinski definition) is 4. The second kappa shape index (κ2) is 8.55. The lowest BCUT2D eigenvalue weighted by Gasteiger charge is -2.21. The van der Waals surface area contributed by atoms with Crippen molar-refractivity contribution >= 4 is 5.97 Å². The molecule has 5 heteroatoms. The summed E-state index contributed by atoms with van der Waals surface area (Å²) in [6, 6.07) is 6.70. The van der Waals surface area contributed by atoms with Crippen molar-refractivity contribution in [2.45, 2.75) is 26.3 Å². The molecule has 112 valence electrons. The molecule has 1 rings (SSSR count). The third-order valence-electron chi connectivity index (χ3n) is 3.10. The molecule has 5 nitrogen and oxygen atoms in total. The van der Waals surface area contributed by atoms with Crippen LogP contribution < -0.4 is 10.1 Å². The maximum atomic E-state index is 10.8. The quantitative estimate of drug-likeness (QED) is 0.601. The third-order valence-corrected chi connectivity index (χ3v) is 3.10. The minimum atomic E-state index is -0.962. The van der Waals surface area contributed by atoms with Gasteiger partial charge < -0.3 is 20.3 Å². The van der Waals surface area contributed by atoms with Crippen molar-refractivity contribution in [3.8, 4) is 5.75 Å². The molecule has 0 saturated carbocycles. The van der Waals surface area contributed by atoms with Crippen molar-refractivity contribution in [1.29, 1.82) is 0 Å². The highest BCUT2D eigenvalue weighted by molar-refractivity contribution is 5.87. The summed E-state index contributed by atoms with van der Waals surface area (Å²) in [6.45, 7) is 5.48. The smallest absolute Gasteiger partial charge is 0.335 e. The molecular formula is C15H23NO4. The van der Waals surface area contributed by atoms with Crippen LogP contribution in [0, 0.1) is 5.92 Å². The fourth-order valence-corrected chi connectivity index (χ4v) is 1.94.